The third-order valence-electron chi connectivity index (χ3n) is 3.34. The number of rotatable bonds is 3. The molecular formula is C15H15N3O. The van der Waals surface area contributed by atoms with Gasteiger partial charge in [0.05, 0.1) is 17.3 Å². The number of aromatic nitrogens is 1. The minimum Gasteiger partial charge on any atom is -0.323 e. The molecule has 0 radical (unpaired) electrons. The number of fused-ring (bicyclic) bond motifs is 1. The number of nitrogens with one attached hydrogen (secondary N) is 1. The molecule has 2 aromatic rings. The summed E-state index contributed by atoms with van der Waals surface area (Å²) in [7, 11) is 0. The van der Waals surface area contributed by atoms with Gasteiger partial charge in [-0.2, -0.15) is 5.26 Å². The molecule has 0 saturated carbocycles. The van der Waals surface area contributed by atoms with E-state index in [9.17, 15) is 4.79 Å². The number of carbonyl (C=O) groups is 1. The third kappa shape index (κ3) is 2.41. The Hall–Kier alpha value is -2.41. The summed E-state index contributed by atoms with van der Waals surface area (Å²) in [5.74, 6) is -0.296. The first-order valence-corrected chi connectivity index (χ1v) is 6.17. The lowest BCUT2D eigenvalue weighted by Crippen LogP contribution is -2.31. The highest BCUT2D eigenvalue weighted by molar-refractivity contribution is 6.03. The summed E-state index contributed by atoms with van der Waals surface area (Å²) in [6.07, 6.45) is 2.15. The second kappa shape index (κ2) is 5.07. The van der Waals surface area contributed by atoms with Gasteiger partial charge in [0.2, 0.25) is 5.91 Å². The predicted molar refractivity (Wildman–Crippen MR) is 74.4 cm³/mol. The number of carbonyl (C=O) groups excluding carboxylic acids is 1. The maximum atomic E-state index is 12.2. The molecule has 0 bridgehead atoms. The average Bonchev–Trinajstić information content (AvgIpc) is 2.46. The van der Waals surface area contributed by atoms with E-state index in [4.69, 9.17) is 5.26 Å². The summed E-state index contributed by atoms with van der Waals surface area (Å²) in [4.78, 5) is 16.4. The number of nitriles is 1. The van der Waals surface area contributed by atoms with E-state index in [1.807, 2.05) is 31.2 Å². The molecule has 0 aliphatic heterocycles. The fraction of sp³-hybridized carbons (Fsp3) is 0.267. The third-order valence-corrected chi connectivity index (χ3v) is 3.34. The predicted octanol–water partition coefficient (Wildman–Crippen LogP) is 3.11. The Balaban J connectivity index is 2.38. The molecule has 0 saturated heterocycles. The number of amides is 1. The van der Waals surface area contributed by atoms with Crippen molar-refractivity contribution in [2.45, 2.75) is 20.3 Å². The van der Waals surface area contributed by atoms with Crippen molar-refractivity contribution in [3.05, 3.63) is 36.5 Å². The van der Waals surface area contributed by atoms with Crippen LogP contribution in [-0.4, -0.2) is 10.9 Å². The van der Waals surface area contributed by atoms with Crippen LogP contribution in [0.4, 0.5) is 5.69 Å². The number of hydrogen-bond acceptors (Lipinski definition) is 3. The van der Waals surface area contributed by atoms with E-state index in [0.29, 0.717) is 12.1 Å². The van der Waals surface area contributed by atoms with Gasteiger partial charge in [0, 0.05) is 11.6 Å². The Labute approximate surface area is 112 Å². The van der Waals surface area contributed by atoms with Crippen LogP contribution in [0.5, 0.6) is 0 Å². The Bertz CT molecular complexity index is 654. The summed E-state index contributed by atoms with van der Waals surface area (Å²) < 4.78 is 0. The monoisotopic (exact) mass is 253 g/mol. The first-order chi connectivity index (χ1) is 9.10. The minimum absolute atomic E-state index is 0.296. The van der Waals surface area contributed by atoms with Crippen LogP contribution in [0.2, 0.25) is 0 Å². The van der Waals surface area contributed by atoms with Crippen LogP contribution < -0.4 is 5.32 Å². The Morgan fingerprint density at radius 1 is 1.42 bits per heavy atom. The maximum absolute atomic E-state index is 12.2. The fourth-order valence-corrected chi connectivity index (χ4v) is 1.76. The number of para-hydroxylation sites is 1. The van der Waals surface area contributed by atoms with Crippen LogP contribution >= 0.6 is 0 Å². The average molecular weight is 253 g/mol. The molecule has 2 rings (SSSR count). The van der Waals surface area contributed by atoms with Crippen LogP contribution in [-0.2, 0) is 4.79 Å². The second-order valence-electron chi connectivity index (χ2n) is 4.63. The highest BCUT2D eigenvalue weighted by Gasteiger charge is 2.31. The summed E-state index contributed by atoms with van der Waals surface area (Å²) in [6.45, 7) is 3.46. The molecule has 1 aromatic carbocycles. The number of benzene rings is 1. The molecule has 0 spiro atoms. The molecule has 4 nitrogen and oxygen atoms in total. The van der Waals surface area contributed by atoms with Gasteiger partial charge in [-0.15, -0.1) is 0 Å². The quantitative estimate of drug-likeness (QED) is 0.913. The molecule has 1 N–H and O–H groups in total. The molecule has 1 atom stereocenters. The van der Waals surface area contributed by atoms with Crippen LogP contribution in [0, 0.1) is 16.7 Å². The number of anilines is 1. The van der Waals surface area contributed by atoms with Crippen molar-refractivity contribution in [2.75, 3.05) is 5.32 Å². The Morgan fingerprint density at radius 2 is 2.16 bits per heavy atom. The standard InChI is InChI=1S/C15H15N3O/c1-3-15(2,10-16)14(19)18-12-8-4-6-11-7-5-9-17-13(11)12/h4-9H,3H2,1-2H3,(H,18,19). The van der Waals surface area contributed by atoms with Gasteiger partial charge < -0.3 is 5.32 Å². The number of hydrogen-bond donors (Lipinski definition) is 1. The van der Waals surface area contributed by atoms with Gasteiger partial charge in [0.25, 0.3) is 0 Å². The van der Waals surface area contributed by atoms with Gasteiger partial charge >= 0.3 is 0 Å². The van der Waals surface area contributed by atoms with Gasteiger partial charge in [0.1, 0.15) is 5.41 Å². The van der Waals surface area contributed by atoms with Crippen molar-refractivity contribution in [3.8, 4) is 6.07 Å². The largest absolute Gasteiger partial charge is 0.323 e. The van der Waals surface area contributed by atoms with Crippen LogP contribution in [0.3, 0.4) is 0 Å². The molecule has 1 aromatic heterocycles. The maximum Gasteiger partial charge on any atom is 0.244 e. The zero-order chi connectivity index (χ0) is 13.9. The minimum atomic E-state index is -1.02. The Kier molecular flexibility index (Phi) is 3.48. The summed E-state index contributed by atoms with van der Waals surface area (Å²) in [6, 6.07) is 11.4. The highest BCUT2D eigenvalue weighted by Crippen LogP contribution is 2.25. The summed E-state index contributed by atoms with van der Waals surface area (Å²) in [5, 5.41) is 12.9. The second-order valence-corrected chi connectivity index (χ2v) is 4.63. The smallest absolute Gasteiger partial charge is 0.244 e. The van der Waals surface area contributed by atoms with E-state index in [2.05, 4.69) is 16.4 Å². The SMILES string of the molecule is CCC(C)(C#N)C(=O)Nc1cccc2cccnc12. The molecular weight excluding hydrogens is 238 g/mol. The van der Waals surface area contributed by atoms with Gasteiger partial charge in [-0.25, -0.2) is 0 Å². The molecule has 19 heavy (non-hydrogen) atoms. The lowest BCUT2D eigenvalue weighted by Gasteiger charge is -2.19. The Morgan fingerprint density at radius 3 is 2.84 bits per heavy atom. The molecule has 0 fully saturated rings. The van der Waals surface area contributed by atoms with Crippen molar-refractivity contribution >= 4 is 22.5 Å². The fourth-order valence-electron chi connectivity index (χ4n) is 1.76. The lowest BCUT2D eigenvalue weighted by molar-refractivity contribution is -0.122. The summed E-state index contributed by atoms with van der Waals surface area (Å²) >= 11 is 0. The van der Waals surface area contributed by atoms with Crippen molar-refractivity contribution in [3.63, 3.8) is 0 Å². The van der Waals surface area contributed by atoms with Crippen LogP contribution in [0.25, 0.3) is 10.9 Å². The van der Waals surface area contributed by atoms with E-state index in [1.165, 1.54) is 0 Å². The van der Waals surface area contributed by atoms with Crippen molar-refractivity contribution in [1.82, 2.24) is 4.98 Å². The molecule has 1 unspecified atom stereocenters. The topological polar surface area (TPSA) is 65.8 Å². The van der Waals surface area contributed by atoms with E-state index < -0.39 is 5.41 Å². The van der Waals surface area contributed by atoms with Crippen molar-refractivity contribution < 1.29 is 4.79 Å². The van der Waals surface area contributed by atoms with E-state index in [0.717, 1.165) is 10.9 Å². The molecule has 1 heterocycles. The number of pyridine rings is 1. The van der Waals surface area contributed by atoms with Crippen LogP contribution in [0.15, 0.2) is 36.5 Å². The zero-order valence-corrected chi connectivity index (χ0v) is 11.0. The first kappa shape index (κ1) is 13.0. The van der Waals surface area contributed by atoms with Crippen LogP contribution in [0.1, 0.15) is 20.3 Å². The van der Waals surface area contributed by atoms with Gasteiger partial charge in [0.15, 0.2) is 0 Å². The molecule has 4 heteroatoms. The molecule has 0 aliphatic carbocycles. The first-order valence-electron chi connectivity index (χ1n) is 6.17. The van der Waals surface area contributed by atoms with Crippen molar-refractivity contribution in [2.24, 2.45) is 5.41 Å². The number of nitrogens with zero attached hydrogens (tertiary/aromatic N) is 2. The molecule has 0 aliphatic rings. The van der Waals surface area contributed by atoms with Gasteiger partial charge in [-0.05, 0) is 25.5 Å². The lowest BCUT2D eigenvalue weighted by atomic mass is 9.88. The summed E-state index contributed by atoms with van der Waals surface area (Å²) in [5.41, 5.74) is 0.351. The zero-order valence-electron chi connectivity index (χ0n) is 11.0. The molecule has 1 amide bonds. The highest BCUT2D eigenvalue weighted by atomic mass is 16.2. The molecule has 96 valence electrons. The van der Waals surface area contributed by atoms with Gasteiger partial charge in [-0.1, -0.05) is 25.1 Å². The van der Waals surface area contributed by atoms with E-state index in [1.54, 1.807) is 19.2 Å². The normalized spacial score (nSPS) is 13.5. The van der Waals surface area contributed by atoms with Gasteiger partial charge in [-0.3, -0.25) is 9.78 Å². The van der Waals surface area contributed by atoms with E-state index >= 15 is 0 Å². The van der Waals surface area contributed by atoms with Crippen molar-refractivity contribution in [1.29, 1.82) is 5.26 Å². The van der Waals surface area contributed by atoms with E-state index in [-0.39, 0.29) is 5.91 Å².